The van der Waals surface area contributed by atoms with Crippen LogP contribution in [-0.2, 0) is 23.7 Å². The van der Waals surface area contributed by atoms with Crippen LogP contribution < -0.4 is 0 Å². The summed E-state index contributed by atoms with van der Waals surface area (Å²) in [4.78, 5) is 12.5. The lowest BCUT2D eigenvalue weighted by atomic mass is 9.97. The number of ether oxygens (including phenoxy) is 4. The van der Waals surface area contributed by atoms with Gasteiger partial charge in [-0.25, -0.2) is 0 Å². The summed E-state index contributed by atoms with van der Waals surface area (Å²) in [6, 6.07) is 0. The molecular weight excluding hydrogens is 576 g/mol. The molecule has 0 aliphatic carbocycles. The molecule has 12 nitrogen and oxygen atoms in total. The lowest BCUT2D eigenvalue weighted by Gasteiger charge is -2.45. The molecule has 0 bridgehead atoms. The number of hydrogen-bond acceptors (Lipinski definition) is 12. The van der Waals surface area contributed by atoms with Crippen LogP contribution in [0.1, 0.15) is 122 Å². The summed E-state index contributed by atoms with van der Waals surface area (Å²) < 4.78 is 21.4. The van der Waals surface area contributed by atoms with E-state index < -0.39 is 80.6 Å². The Morgan fingerprint density at radius 2 is 1.05 bits per heavy atom. The van der Waals surface area contributed by atoms with E-state index in [-0.39, 0.29) is 6.42 Å². The molecule has 2 saturated heterocycles. The van der Waals surface area contributed by atoms with Gasteiger partial charge in [0.25, 0.3) is 0 Å². The van der Waals surface area contributed by atoms with E-state index in [0.29, 0.717) is 6.42 Å². The van der Waals surface area contributed by atoms with E-state index >= 15 is 0 Å². The van der Waals surface area contributed by atoms with E-state index in [0.717, 1.165) is 19.3 Å². The highest BCUT2D eigenvalue weighted by Gasteiger charge is 2.51. The number of carbonyl (C=O) groups is 1. The van der Waals surface area contributed by atoms with Crippen molar-refractivity contribution in [1.82, 2.24) is 0 Å². The zero-order valence-corrected chi connectivity index (χ0v) is 26.6. The smallest absolute Gasteiger partial charge is 0.306 e. The van der Waals surface area contributed by atoms with Crippen LogP contribution in [0.4, 0.5) is 0 Å². The summed E-state index contributed by atoms with van der Waals surface area (Å²) >= 11 is 0. The minimum Gasteiger partial charge on any atom is -0.456 e. The van der Waals surface area contributed by atoms with Gasteiger partial charge >= 0.3 is 5.97 Å². The van der Waals surface area contributed by atoms with Gasteiger partial charge < -0.3 is 54.7 Å². The number of aliphatic hydroxyl groups excluding tert-OH is 7. The van der Waals surface area contributed by atoms with Gasteiger partial charge in [-0.15, -0.1) is 0 Å². The van der Waals surface area contributed by atoms with Crippen molar-refractivity contribution in [1.29, 1.82) is 0 Å². The summed E-state index contributed by atoms with van der Waals surface area (Å²) in [6.45, 7) is 0.868. The second kappa shape index (κ2) is 22.6. The zero-order valence-electron chi connectivity index (χ0n) is 26.6. The van der Waals surface area contributed by atoms with Crippen LogP contribution in [-0.4, -0.2) is 116 Å². The van der Waals surface area contributed by atoms with Crippen molar-refractivity contribution in [3.8, 4) is 0 Å². The molecule has 0 radical (unpaired) electrons. The van der Waals surface area contributed by atoms with E-state index in [1.807, 2.05) is 0 Å². The molecule has 0 aromatic rings. The monoisotopic (exact) mass is 636 g/mol. The molecule has 2 aliphatic rings. The van der Waals surface area contributed by atoms with Crippen molar-refractivity contribution in [3.63, 3.8) is 0 Å². The second-order valence-electron chi connectivity index (χ2n) is 12.4. The lowest BCUT2D eigenvalue weighted by molar-refractivity contribution is -0.355. The molecule has 2 aliphatic heterocycles. The third-order valence-corrected chi connectivity index (χ3v) is 8.70. The minimum atomic E-state index is -1.77. The van der Waals surface area contributed by atoms with Gasteiger partial charge in [-0.3, -0.25) is 4.79 Å². The normalized spacial score (nSPS) is 32.5. The maximum atomic E-state index is 12.5. The number of esters is 1. The number of aliphatic hydroxyl groups is 7. The second-order valence-corrected chi connectivity index (χ2v) is 12.4. The van der Waals surface area contributed by atoms with Gasteiger partial charge in [-0.2, -0.15) is 0 Å². The van der Waals surface area contributed by atoms with Crippen molar-refractivity contribution in [3.05, 3.63) is 0 Å². The molecule has 12 heteroatoms. The summed E-state index contributed by atoms with van der Waals surface area (Å²) in [5, 5.41) is 70.6. The molecule has 0 aromatic carbocycles. The van der Waals surface area contributed by atoms with Crippen molar-refractivity contribution in [2.75, 3.05) is 13.2 Å². The maximum absolute atomic E-state index is 12.5. The molecule has 44 heavy (non-hydrogen) atoms. The average molecular weight is 637 g/mol. The van der Waals surface area contributed by atoms with Gasteiger partial charge in [0.1, 0.15) is 42.7 Å². The Hall–Kier alpha value is -0.930. The molecule has 2 fully saturated rings. The van der Waals surface area contributed by atoms with Crippen molar-refractivity contribution in [2.24, 2.45) is 0 Å². The van der Waals surface area contributed by atoms with Crippen LogP contribution in [0.5, 0.6) is 0 Å². The summed E-state index contributed by atoms with van der Waals surface area (Å²) in [7, 11) is 0. The van der Waals surface area contributed by atoms with Crippen LogP contribution in [0.25, 0.3) is 0 Å². The first kappa shape index (κ1) is 39.2. The topological polar surface area (TPSA) is 196 Å². The molecule has 2 rings (SSSR count). The molecule has 0 unspecified atom stereocenters. The Balaban J connectivity index is 1.62. The van der Waals surface area contributed by atoms with Crippen LogP contribution in [0.15, 0.2) is 0 Å². The zero-order chi connectivity index (χ0) is 32.3. The Labute approximate surface area is 262 Å². The van der Waals surface area contributed by atoms with Crippen LogP contribution in [0.2, 0.25) is 0 Å². The number of unbranched alkanes of at least 4 members (excludes halogenated alkanes) is 16. The van der Waals surface area contributed by atoms with E-state index in [9.17, 15) is 40.5 Å². The predicted octanol–water partition coefficient (Wildman–Crippen LogP) is 2.20. The van der Waals surface area contributed by atoms with Crippen LogP contribution in [0.3, 0.4) is 0 Å². The third kappa shape index (κ3) is 13.4. The summed E-state index contributed by atoms with van der Waals surface area (Å²) in [5.41, 5.74) is 0. The van der Waals surface area contributed by atoms with Crippen molar-refractivity contribution in [2.45, 2.75) is 184 Å². The van der Waals surface area contributed by atoms with Crippen LogP contribution >= 0.6 is 0 Å². The molecule has 0 aromatic heterocycles. The maximum Gasteiger partial charge on any atom is 0.306 e. The lowest BCUT2D eigenvalue weighted by Crippen LogP contribution is -2.65. The molecule has 2 heterocycles. The number of hydrogen-bond donors (Lipinski definition) is 7. The van der Waals surface area contributed by atoms with Gasteiger partial charge in [-0.1, -0.05) is 110 Å². The van der Waals surface area contributed by atoms with Crippen LogP contribution in [0, 0.1) is 0 Å². The molecule has 10 atom stereocenters. The average Bonchev–Trinajstić information content (AvgIpc) is 3.01. The van der Waals surface area contributed by atoms with Gasteiger partial charge in [-0.05, 0) is 6.42 Å². The highest BCUT2D eigenvalue weighted by atomic mass is 16.7. The Bertz CT molecular complexity index is 740. The Morgan fingerprint density at radius 3 is 1.52 bits per heavy atom. The van der Waals surface area contributed by atoms with E-state index in [4.69, 9.17) is 18.9 Å². The largest absolute Gasteiger partial charge is 0.456 e. The standard InChI is InChI=1S/C32H60O12/c1-2-3-4-5-6-7-8-9-10-11-12-13-14-15-16-17-18-19-24(35)43-30-25(36)22(20-33)42-32(28(30)39)44-29-23(21-34)41-31(40)27(38)26(29)37/h22-23,25-34,36-40H,2-21H2,1H3/t22-,23-,25-,26-,27+,28+,29-,30+,31+,32+/m1/s1. The quantitative estimate of drug-likeness (QED) is 0.0639. The van der Waals surface area contributed by atoms with Gasteiger partial charge in [0.15, 0.2) is 18.7 Å². The minimum absolute atomic E-state index is 0.0938. The summed E-state index contributed by atoms with van der Waals surface area (Å²) in [5.74, 6) is -0.626. The van der Waals surface area contributed by atoms with E-state index in [1.165, 1.54) is 83.5 Å². The number of carbonyl (C=O) groups excluding carboxylic acids is 1. The van der Waals surface area contributed by atoms with Gasteiger partial charge in [0, 0.05) is 6.42 Å². The van der Waals surface area contributed by atoms with Crippen molar-refractivity contribution >= 4 is 5.97 Å². The highest BCUT2D eigenvalue weighted by Crippen LogP contribution is 2.30. The van der Waals surface area contributed by atoms with E-state index in [2.05, 4.69) is 6.92 Å². The van der Waals surface area contributed by atoms with Gasteiger partial charge in [0.05, 0.1) is 13.2 Å². The first-order valence-corrected chi connectivity index (χ1v) is 17.0. The number of rotatable bonds is 23. The Kier molecular flexibility index (Phi) is 20.1. The Morgan fingerprint density at radius 1 is 0.568 bits per heavy atom. The molecule has 0 spiro atoms. The molecular formula is C32H60O12. The fourth-order valence-corrected chi connectivity index (χ4v) is 5.90. The SMILES string of the molecule is CCCCCCCCCCCCCCCCCCCC(=O)O[C@@H]1[C@H](O)[C@H](O[C@H]2[C@H](O)[C@H](O)[C@@H](O)O[C@@H]2CO)O[C@H](CO)[C@H]1O. The first-order chi connectivity index (χ1) is 21.2. The first-order valence-electron chi connectivity index (χ1n) is 17.0. The van der Waals surface area contributed by atoms with E-state index in [1.54, 1.807) is 0 Å². The molecule has 0 saturated carbocycles. The fraction of sp³-hybridized carbons (Fsp3) is 0.969. The molecule has 7 N–H and O–H groups in total. The highest BCUT2D eigenvalue weighted by molar-refractivity contribution is 5.69. The predicted molar refractivity (Wildman–Crippen MR) is 161 cm³/mol. The summed E-state index contributed by atoms with van der Waals surface area (Å²) in [6.07, 6.45) is 5.23. The molecule has 260 valence electrons. The molecule has 0 amide bonds. The fourth-order valence-electron chi connectivity index (χ4n) is 5.90. The van der Waals surface area contributed by atoms with Gasteiger partial charge in [0.2, 0.25) is 0 Å². The van der Waals surface area contributed by atoms with Crippen molar-refractivity contribution < 1.29 is 59.5 Å². The third-order valence-electron chi connectivity index (χ3n) is 8.70.